The fraction of sp³-hybridized carbons (Fsp3) is 0.231. The van der Waals surface area contributed by atoms with Crippen LogP contribution in [0.2, 0.25) is 0 Å². The molecule has 0 saturated carbocycles. The molecule has 0 aliphatic rings. The second kappa shape index (κ2) is 5.03. The van der Waals surface area contributed by atoms with Crippen LogP contribution in [-0.2, 0) is 0 Å². The summed E-state index contributed by atoms with van der Waals surface area (Å²) in [6.45, 7) is 3.93. The molecule has 1 atom stereocenters. The van der Waals surface area contributed by atoms with E-state index in [0.717, 1.165) is 17.1 Å². The summed E-state index contributed by atoms with van der Waals surface area (Å²) in [5.74, 6) is 6.37. The predicted octanol–water partition coefficient (Wildman–Crippen LogP) is 1.65. The molecule has 0 amide bonds. The smallest absolute Gasteiger partial charge is 0.125 e. The first kappa shape index (κ1) is 11.7. The van der Waals surface area contributed by atoms with Gasteiger partial charge in [0.2, 0.25) is 0 Å². The van der Waals surface area contributed by atoms with E-state index in [1.807, 2.05) is 25.1 Å². The zero-order valence-electron chi connectivity index (χ0n) is 10.0. The number of aromatic nitrogens is 2. The Morgan fingerprint density at radius 2 is 2.06 bits per heavy atom. The van der Waals surface area contributed by atoms with E-state index in [9.17, 15) is 0 Å². The summed E-state index contributed by atoms with van der Waals surface area (Å²) in [6.07, 6.45) is 1.75. The Hall–Kier alpha value is -1.78. The van der Waals surface area contributed by atoms with Crippen molar-refractivity contribution < 1.29 is 0 Å². The Bertz CT molecular complexity index is 465. The minimum absolute atomic E-state index is 0.100. The molecule has 0 aliphatic heterocycles. The maximum Gasteiger partial charge on any atom is 0.125 e. The van der Waals surface area contributed by atoms with E-state index < -0.39 is 0 Å². The molecule has 2 rings (SSSR count). The highest BCUT2D eigenvalue weighted by Gasteiger charge is 2.13. The molecular formula is C13H16N4. The molecule has 88 valence electrons. The SMILES string of the molecule is Cc1cccc(C(NN)c2ccnc(C)n2)c1. The molecule has 0 bridgehead atoms. The number of nitrogens with one attached hydrogen (secondary N) is 1. The van der Waals surface area contributed by atoms with Crippen LogP contribution in [0, 0.1) is 13.8 Å². The van der Waals surface area contributed by atoms with Crippen LogP contribution in [0.4, 0.5) is 0 Å². The molecule has 1 aromatic carbocycles. The fourth-order valence-electron chi connectivity index (χ4n) is 1.84. The lowest BCUT2D eigenvalue weighted by Crippen LogP contribution is -2.29. The Morgan fingerprint density at radius 1 is 1.24 bits per heavy atom. The summed E-state index contributed by atoms with van der Waals surface area (Å²) in [5.41, 5.74) is 5.98. The highest BCUT2D eigenvalue weighted by atomic mass is 15.2. The summed E-state index contributed by atoms with van der Waals surface area (Å²) < 4.78 is 0. The number of hydrazine groups is 1. The van der Waals surface area contributed by atoms with Gasteiger partial charge in [-0.2, -0.15) is 0 Å². The first-order valence-electron chi connectivity index (χ1n) is 5.53. The number of hydrogen-bond acceptors (Lipinski definition) is 4. The average molecular weight is 228 g/mol. The normalized spacial score (nSPS) is 12.4. The molecule has 0 spiro atoms. The highest BCUT2D eigenvalue weighted by molar-refractivity contribution is 5.30. The van der Waals surface area contributed by atoms with Gasteiger partial charge < -0.3 is 0 Å². The largest absolute Gasteiger partial charge is 0.271 e. The first-order chi connectivity index (χ1) is 8.20. The minimum atomic E-state index is -0.100. The van der Waals surface area contributed by atoms with E-state index in [1.54, 1.807) is 6.20 Å². The second-order valence-corrected chi connectivity index (χ2v) is 4.04. The topological polar surface area (TPSA) is 63.8 Å². The lowest BCUT2D eigenvalue weighted by atomic mass is 10.0. The zero-order chi connectivity index (χ0) is 12.3. The van der Waals surface area contributed by atoms with Crippen LogP contribution in [0.3, 0.4) is 0 Å². The van der Waals surface area contributed by atoms with E-state index in [1.165, 1.54) is 5.56 Å². The van der Waals surface area contributed by atoms with Crippen LogP contribution in [0.25, 0.3) is 0 Å². The first-order valence-corrected chi connectivity index (χ1v) is 5.53. The predicted molar refractivity (Wildman–Crippen MR) is 67.1 cm³/mol. The standard InChI is InChI=1S/C13H16N4/c1-9-4-3-5-11(8-9)13(17-14)12-6-7-15-10(2)16-12/h3-8,13,17H,14H2,1-2H3. The van der Waals surface area contributed by atoms with Crippen molar-refractivity contribution in [3.05, 3.63) is 59.2 Å². The number of benzene rings is 1. The summed E-state index contributed by atoms with van der Waals surface area (Å²) >= 11 is 0. The van der Waals surface area contributed by atoms with E-state index in [2.05, 4.69) is 34.5 Å². The van der Waals surface area contributed by atoms with Crippen LogP contribution >= 0.6 is 0 Å². The Kier molecular flexibility index (Phi) is 3.46. The van der Waals surface area contributed by atoms with Gasteiger partial charge in [0.05, 0.1) is 11.7 Å². The van der Waals surface area contributed by atoms with Crippen molar-refractivity contribution in [3.63, 3.8) is 0 Å². The number of nitrogens with zero attached hydrogens (tertiary/aromatic N) is 2. The lowest BCUT2D eigenvalue weighted by molar-refractivity contribution is 0.616. The Morgan fingerprint density at radius 3 is 2.71 bits per heavy atom. The van der Waals surface area contributed by atoms with Gasteiger partial charge in [-0.15, -0.1) is 0 Å². The van der Waals surface area contributed by atoms with Gasteiger partial charge >= 0.3 is 0 Å². The van der Waals surface area contributed by atoms with E-state index in [-0.39, 0.29) is 6.04 Å². The Labute approximate surface area is 101 Å². The van der Waals surface area contributed by atoms with Crippen molar-refractivity contribution in [2.45, 2.75) is 19.9 Å². The summed E-state index contributed by atoms with van der Waals surface area (Å²) in [4.78, 5) is 8.48. The fourth-order valence-corrected chi connectivity index (χ4v) is 1.84. The summed E-state index contributed by atoms with van der Waals surface area (Å²) in [5, 5.41) is 0. The summed E-state index contributed by atoms with van der Waals surface area (Å²) in [7, 11) is 0. The third kappa shape index (κ3) is 2.67. The van der Waals surface area contributed by atoms with Crippen LogP contribution in [0.15, 0.2) is 36.5 Å². The maximum absolute atomic E-state index is 5.63. The molecule has 1 unspecified atom stereocenters. The quantitative estimate of drug-likeness (QED) is 0.619. The molecule has 1 aromatic heterocycles. The van der Waals surface area contributed by atoms with Gasteiger partial charge in [-0.1, -0.05) is 29.8 Å². The number of aryl methyl sites for hydroxylation is 2. The molecule has 0 aliphatic carbocycles. The lowest BCUT2D eigenvalue weighted by Gasteiger charge is -2.16. The summed E-state index contributed by atoms with van der Waals surface area (Å²) in [6, 6.07) is 9.99. The van der Waals surface area contributed by atoms with Crippen LogP contribution in [0.5, 0.6) is 0 Å². The molecule has 0 radical (unpaired) electrons. The molecule has 3 N–H and O–H groups in total. The minimum Gasteiger partial charge on any atom is -0.271 e. The van der Waals surface area contributed by atoms with Crippen LogP contribution in [0.1, 0.15) is 28.7 Å². The van der Waals surface area contributed by atoms with Gasteiger partial charge in [-0.05, 0) is 25.5 Å². The second-order valence-electron chi connectivity index (χ2n) is 4.04. The van der Waals surface area contributed by atoms with E-state index in [0.29, 0.717) is 0 Å². The van der Waals surface area contributed by atoms with Gasteiger partial charge in [0.25, 0.3) is 0 Å². The van der Waals surface area contributed by atoms with Crippen molar-refractivity contribution in [1.82, 2.24) is 15.4 Å². The molecular weight excluding hydrogens is 212 g/mol. The Balaban J connectivity index is 2.40. The maximum atomic E-state index is 5.63. The number of rotatable bonds is 3. The van der Waals surface area contributed by atoms with E-state index in [4.69, 9.17) is 5.84 Å². The van der Waals surface area contributed by atoms with Crippen LogP contribution in [-0.4, -0.2) is 9.97 Å². The van der Waals surface area contributed by atoms with Crippen molar-refractivity contribution in [1.29, 1.82) is 0 Å². The zero-order valence-corrected chi connectivity index (χ0v) is 10.0. The van der Waals surface area contributed by atoms with Gasteiger partial charge in [0, 0.05) is 6.20 Å². The number of hydrogen-bond donors (Lipinski definition) is 2. The van der Waals surface area contributed by atoms with Crippen LogP contribution < -0.4 is 11.3 Å². The van der Waals surface area contributed by atoms with Crippen molar-refractivity contribution in [3.8, 4) is 0 Å². The van der Waals surface area contributed by atoms with Crippen molar-refractivity contribution in [2.75, 3.05) is 0 Å². The molecule has 0 saturated heterocycles. The molecule has 4 nitrogen and oxygen atoms in total. The monoisotopic (exact) mass is 228 g/mol. The third-order valence-electron chi connectivity index (χ3n) is 2.64. The van der Waals surface area contributed by atoms with Gasteiger partial charge in [-0.3, -0.25) is 5.84 Å². The molecule has 0 fully saturated rings. The van der Waals surface area contributed by atoms with E-state index >= 15 is 0 Å². The van der Waals surface area contributed by atoms with Gasteiger partial charge in [0.1, 0.15) is 5.82 Å². The average Bonchev–Trinajstić information content (AvgIpc) is 2.30. The number of nitrogens with two attached hydrogens (primary N) is 1. The van der Waals surface area contributed by atoms with Crippen molar-refractivity contribution >= 4 is 0 Å². The van der Waals surface area contributed by atoms with Gasteiger partial charge in [0.15, 0.2) is 0 Å². The molecule has 1 heterocycles. The van der Waals surface area contributed by atoms with Gasteiger partial charge in [-0.25, -0.2) is 15.4 Å². The van der Waals surface area contributed by atoms with Crippen molar-refractivity contribution in [2.24, 2.45) is 5.84 Å². The molecule has 2 aromatic rings. The third-order valence-corrected chi connectivity index (χ3v) is 2.64. The highest BCUT2D eigenvalue weighted by Crippen LogP contribution is 2.20. The molecule has 17 heavy (non-hydrogen) atoms. The molecule has 4 heteroatoms.